The van der Waals surface area contributed by atoms with Gasteiger partial charge in [-0.05, 0) is 148 Å². The SMILES string of the molecule is CCc1ccc2cccc3c2c1C1(c2ccccc2-c2ccc(N(c4ccc5c(c4)-c4ccccc4C5(c4ccccc4)c4ccccc4)c4ccc5ccccc5c4)cc21)c1ccccc1-3. The summed E-state index contributed by atoms with van der Waals surface area (Å²) < 4.78 is 0. The molecule has 314 valence electrons. The Morgan fingerprint density at radius 1 is 0.313 bits per heavy atom. The Kier molecular flexibility index (Phi) is 8.16. The fraction of sp³-hybridized carbons (Fsp3) is 0.0606. The van der Waals surface area contributed by atoms with E-state index in [1.54, 1.807) is 0 Å². The third-order valence-electron chi connectivity index (χ3n) is 15.5. The molecule has 1 unspecified atom stereocenters. The average molecular weight is 852 g/mol. The fourth-order valence-electron chi connectivity index (χ4n) is 12.9. The van der Waals surface area contributed by atoms with Crippen LogP contribution in [0.4, 0.5) is 17.1 Å². The average Bonchev–Trinajstić information content (AvgIpc) is 3.86. The van der Waals surface area contributed by atoms with Crippen LogP contribution in [0.5, 0.6) is 0 Å². The highest BCUT2D eigenvalue weighted by atomic mass is 15.1. The maximum Gasteiger partial charge on any atom is 0.0729 e. The van der Waals surface area contributed by atoms with Gasteiger partial charge in [-0.15, -0.1) is 0 Å². The molecule has 3 aliphatic carbocycles. The summed E-state index contributed by atoms with van der Waals surface area (Å²) in [5.74, 6) is 0. The third kappa shape index (κ3) is 5.09. The van der Waals surface area contributed by atoms with E-state index in [1.807, 2.05) is 0 Å². The molecular weight excluding hydrogens is 807 g/mol. The molecule has 0 aromatic heterocycles. The van der Waals surface area contributed by atoms with Gasteiger partial charge in [0.05, 0.1) is 10.8 Å². The molecular formula is C66H45N. The lowest BCUT2D eigenvalue weighted by molar-refractivity contribution is 0.759. The number of hydrogen-bond acceptors (Lipinski definition) is 1. The van der Waals surface area contributed by atoms with E-state index >= 15 is 0 Å². The summed E-state index contributed by atoms with van der Waals surface area (Å²) in [4.78, 5) is 2.52. The minimum absolute atomic E-state index is 0.477. The van der Waals surface area contributed by atoms with Crippen molar-refractivity contribution >= 4 is 38.6 Å². The second-order valence-electron chi connectivity index (χ2n) is 18.6. The highest BCUT2D eigenvalue weighted by molar-refractivity contribution is 6.08. The molecule has 0 saturated heterocycles. The van der Waals surface area contributed by atoms with Crippen molar-refractivity contribution in [3.8, 4) is 33.4 Å². The molecule has 67 heavy (non-hydrogen) atoms. The zero-order valence-corrected chi connectivity index (χ0v) is 37.2. The Morgan fingerprint density at radius 2 is 0.791 bits per heavy atom. The van der Waals surface area contributed by atoms with Gasteiger partial charge in [-0.2, -0.15) is 0 Å². The lowest BCUT2D eigenvalue weighted by Gasteiger charge is -2.41. The molecule has 11 aromatic carbocycles. The van der Waals surface area contributed by atoms with Crippen molar-refractivity contribution in [2.24, 2.45) is 0 Å². The normalized spacial score (nSPS) is 15.5. The molecule has 14 rings (SSSR count). The molecule has 1 heteroatoms. The quantitative estimate of drug-likeness (QED) is 0.161. The van der Waals surface area contributed by atoms with Crippen LogP contribution in [0.1, 0.15) is 57.0 Å². The Hall–Kier alpha value is -8.26. The van der Waals surface area contributed by atoms with E-state index < -0.39 is 10.8 Å². The van der Waals surface area contributed by atoms with Gasteiger partial charge < -0.3 is 4.90 Å². The van der Waals surface area contributed by atoms with Crippen LogP contribution in [0, 0.1) is 0 Å². The zero-order chi connectivity index (χ0) is 44.3. The first-order valence-electron chi connectivity index (χ1n) is 23.7. The Labute approximate surface area is 391 Å². The molecule has 0 aliphatic heterocycles. The number of benzene rings is 11. The van der Waals surface area contributed by atoms with Crippen LogP contribution in [0.15, 0.2) is 243 Å². The van der Waals surface area contributed by atoms with E-state index in [0.29, 0.717) is 0 Å². The molecule has 0 N–H and O–H groups in total. The molecule has 1 atom stereocenters. The third-order valence-corrected chi connectivity index (χ3v) is 15.5. The highest BCUT2D eigenvalue weighted by Gasteiger charge is 2.51. The molecule has 1 nitrogen and oxygen atoms in total. The first-order valence-corrected chi connectivity index (χ1v) is 23.7. The minimum atomic E-state index is -0.533. The van der Waals surface area contributed by atoms with E-state index in [-0.39, 0.29) is 0 Å². The summed E-state index contributed by atoms with van der Waals surface area (Å²) in [5, 5.41) is 5.10. The summed E-state index contributed by atoms with van der Waals surface area (Å²) >= 11 is 0. The summed E-state index contributed by atoms with van der Waals surface area (Å²) in [6, 6.07) is 91.6. The van der Waals surface area contributed by atoms with E-state index in [4.69, 9.17) is 0 Å². The predicted octanol–water partition coefficient (Wildman–Crippen LogP) is 16.7. The molecule has 0 fully saturated rings. The molecule has 11 aromatic rings. The van der Waals surface area contributed by atoms with Gasteiger partial charge >= 0.3 is 0 Å². The largest absolute Gasteiger partial charge is 0.310 e. The van der Waals surface area contributed by atoms with E-state index in [1.165, 1.54) is 105 Å². The molecule has 3 aliphatic rings. The van der Waals surface area contributed by atoms with Crippen LogP contribution in [0.25, 0.3) is 54.9 Å². The standard InChI is InChI=1S/C66H45N/c1-2-43-32-33-45-20-17-28-56-53-26-12-16-31-60(53)66(64(43)63(45)56)59-30-15-11-25-52(59)55-38-36-51(42-62(55)66)67(49-35-34-44-18-9-10-19-46(44)40-49)50-37-39-61-57(41-50)54-27-13-14-29-58(54)65(61,47-21-5-3-6-22-47)48-23-7-4-8-24-48/h3-42H,2H2,1H3. The van der Waals surface area contributed by atoms with Crippen LogP contribution in [-0.2, 0) is 17.3 Å². The number of anilines is 3. The van der Waals surface area contributed by atoms with Crippen molar-refractivity contribution in [3.05, 3.63) is 293 Å². The van der Waals surface area contributed by atoms with Crippen molar-refractivity contribution in [3.63, 3.8) is 0 Å². The second kappa shape index (κ2) is 14.4. The van der Waals surface area contributed by atoms with Crippen molar-refractivity contribution in [2.75, 3.05) is 4.90 Å². The highest BCUT2D eigenvalue weighted by Crippen LogP contribution is 2.64. The first kappa shape index (κ1) is 38.1. The minimum Gasteiger partial charge on any atom is -0.310 e. The zero-order valence-electron chi connectivity index (χ0n) is 37.2. The van der Waals surface area contributed by atoms with Crippen molar-refractivity contribution in [2.45, 2.75) is 24.2 Å². The van der Waals surface area contributed by atoms with Crippen LogP contribution in [-0.4, -0.2) is 0 Å². The summed E-state index contributed by atoms with van der Waals surface area (Å²) in [5.41, 5.74) is 22.1. The van der Waals surface area contributed by atoms with Crippen molar-refractivity contribution in [1.29, 1.82) is 0 Å². The van der Waals surface area contributed by atoms with Gasteiger partial charge in [0.1, 0.15) is 0 Å². The molecule has 0 heterocycles. The molecule has 0 radical (unpaired) electrons. The number of aryl methyl sites for hydroxylation is 1. The van der Waals surface area contributed by atoms with Gasteiger partial charge in [0.2, 0.25) is 0 Å². The van der Waals surface area contributed by atoms with Gasteiger partial charge in [-0.25, -0.2) is 0 Å². The van der Waals surface area contributed by atoms with Gasteiger partial charge in [0.25, 0.3) is 0 Å². The maximum absolute atomic E-state index is 2.55. The summed E-state index contributed by atoms with van der Waals surface area (Å²) in [6.45, 7) is 2.32. The van der Waals surface area contributed by atoms with E-state index in [0.717, 1.165) is 23.5 Å². The lowest BCUT2D eigenvalue weighted by atomic mass is 9.60. The van der Waals surface area contributed by atoms with Crippen molar-refractivity contribution < 1.29 is 0 Å². The predicted molar refractivity (Wildman–Crippen MR) is 279 cm³/mol. The smallest absolute Gasteiger partial charge is 0.0729 e. The second-order valence-corrected chi connectivity index (χ2v) is 18.6. The lowest BCUT2D eigenvalue weighted by Crippen LogP contribution is -2.33. The van der Waals surface area contributed by atoms with Crippen LogP contribution in [0.3, 0.4) is 0 Å². The summed E-state index contributed by atoms with van der Waals surface area (Å²) in [7, 11) is 0. The van der Waals surface area contributed by atoms with Gasteiger partial charge in [-0.3, -0.25) is 0 Å². The molecule has 0 bridgehead atoms. The maximum atomic E-state index is 2.55. The molecule has 1 spiro atoms. The van der Waals surface area contributed by atoms with Crippen molar-refractivity contribution in [1.82, 2.24) is 0 Å². The van der Waals surface area contributed by atoms with Gasteiger partial charge in [0, 0.05) is 17.1 Å². The Morgan fingerprint density at radius 3 is 1.49 bits per heavy atom. The number of nitrogens with zero attached hydrogens (tertiary/aromatic N) is 1. The number of hydrogen-bond donors (Lipinski definition) is 0. The monoisotopic (exact) mass is 851 g/mol. The van der Waals surface area contributed by atoms with Gasteiger partial charge in [0.15, 0.2) is 0 Å². The fourth-order valence-corrected chi connectivity index (χ4v) is 12.9. The number of rotatable bonds is 6. The van der Waals surface area contributed by atoms with E-state index in [9.17, 15) is 0 Å². The van der Waals surface area contributed by atoms with E-state index in [2.05, 4.69) is 254 Å². The van der Waals surface area contributed by atoms with Crippen LogP contribution in [0.2, 0.25) is 0 Å². The Balaban J connectivity index is 1.06. The van der Waals surface area contributed by atoms with Crippen LogP contribution >= 0.6 is 0 Å². The number of fused-ring (bicyclic) bond motifs is 13. The molecule has 0 saturated carbocycles. The topological polar surface area (TPSA) is 3.24 Å². The van der Waals surface area contributed by atoms with Crippen LogP contribution < -0.4 is 4.90 Å². The first-order chi connectivity index (χ1) is 33.2. The van der Waals surface area contributed by atoms with Gasteiger partial charge in [-0.1, -0.05) is 213 Å². The Bertz CT molecular complexity index is 3770. The summed E-state index contributed by atoms with van der Waals surface area (Å²) in [6.07, 6.45) is 0.938. The molecule has 0 amide bonds.